The molecule has 1 unspecified atom stereocenters. The lowest BCUT2D eigenvalue weighted by atomic mass is 9.95. The van der Waals surface area contributed by atoms with Crippen molar-refractivity contribution in [3.05, 3.63) is 93.7 Å². The summed E-state index contributed by atoms with van der Waals surface area (Å²) in [5.74, 6) is -2.45. The Balaban J connectivity index is 1.76. The van der Waals surface area contributed by atoms with Crippen LogP contribution in [0.1, 0.15) is 23.6 Å². The Hall–Kier alpha value is -3.16. The van der Waals surface area contributed by atoms with Gasteiger partial charge >= 0.3 is 0 Å². The van der Waals surface area contributed by atoms with Gasteiger partial charge in [0, 0.05) is 41.1 Å². The summed E-state index contributed by atoms with van der Waals surface area (Å²) in [6.07, 6.45) is 5.66. The monoisotopic (exact) mass is 473 g/mol. The number of imidazole rings is 1. The van der Waals surface area contributed by atoms with Crippen LogP contribution < -0.4 is 0 Å². The van der Waals surface area contributed by atoms with Crippen LogP contribution in [0.3, 0.4) is 0 Å². The van der Waals surface area contributed by atoms with Gasteiger partial charge in [-0.1, -0.05) is 29.3 Å². The molecule has 1 saturated heterocycles. The number of hydrogen-bond donors (Lipinski definition) is 1. The lowest BCUT2D eigenvalue weighted by Gasteiger charge is -2.26. The molecule has 9 heteroatoms. The molecule has 32 heavy (non-hydrogen) atoms. The second-order valence-corrected chi connectivity index (χ2v) is 8.16. The molecule has 1 atom stereocenters. The summed E-state index contributed by atoms with van der Waals surface area (Å²) < 4.78 is 15.2. The van der Waals surface area contributed by atoms with Crippen LogP contribution in [-0.4, -0.2) is 37.8 Å². The average molecular weight is 474 g/mol. The number of halogens is 3. The van der Waals surface area contributed by atoms with Crippen molar-refractivity contribution in [2.45, 2.75) is 19.0 Å². The fourth-order valence-electron chi connectivity index (χ4n) is 3.76. The molecule has 0 aliphatic carbocycles. The third-order valence-electron chi connectivity index (χ3n) is 5.29. The van der Waals surface area contributed by atoms with Crippen molar-refractivity contribution in [1.82, 2.24) is 14.5 Å². The van der Waals surface area contributed by atoms with Crippen molar-refractivity contribution in [3.8, 4) is 0 Å². The highest BCUT2D eigenvalue weighted by Gasteiger charge is 2.46. The number of aromatic nitrogens is 2. The van der Waals surface area contributed by atoms with Gasteiger partial charge in [0.2, 0.25) is 0 Å². The van der Waals surface area contributed by atoms with Crippen molar-refractivity contribution >= 4 is 40.7 Å². The molecule has 3 aromatic rings. The van der Waals surface area contributed by atoms with Gasteiger partial charge in [-0.3, -0.25) is 9.59 Å². The number of benzene rings is 2. The van der Waals surface area contributed by atoms with E-state index in [4.69, 9.17) is 23.2 Å². The topological polar surface area (TPSA) is 75.4 Å². The van der Waals surface area contributed by atoms with E-state index in [2.05, 4.69) is 4.98 Å². The zero-order valence-electron chi connectivity index (χ0n) is 16.7. The second-order valence-electron chi connectivity index (χ2n) is 7.32. The summed E-state index contributed by atoms with van der Waals surface area (Å²) in [6.45, 7) is 0.828. The molecule has 6 nitrogen and oxygen atoms in total. The molecule has 1 aromatic heterocycles. The molecule has 0 bridgehead atoms. The maximum absolute atomic E-state index is 13.4. The number of likely N-dealkylation sites (tertiary alicyclic amines) is 1. The molecule has 0 saturated carbocycles. The Labute approximate surface area is 193 Å². The highest BCUT2D eigenvalue weighted by molar-refractivity contribution is 6.47. The minimum Gasteiger partial charge on any atom is -0.507 e. The number of nitrogens with zero attached hydrogens (tertiary/aromatic N) is 3. The normalized spacial score (nSPS) is 17.8. The summed E-state index contributed by atoms with van der Waals surface area (Å²) in [4.78, 5) is 31.3. The Bertz CT molecular complexity index is 1190. The molecule has 1 amide bonds. The van der Waals surface area contributed by atoms with E-state index in [1.165, 1.54) is 35.2 Å². The molecular weight excluding hydrogens is 456 g/mol. The largest absolute Gasteiger partial charge is 0.507 e. The number of aliphatic hydroxyl groups excluding tert-OH is 1. The number of amides is 1. The van der Waals surface area contributed by atoms with E-state index in [1.807, 2.05) is 4.57 Å². The van der Waals surface area contributed by atoms with Gasteiger partial charge in [-0.25, -0.2) is 9.37 Å². The van der Waals surface area contributed by atoms with E-state index in [9.17, 15) is 19.1 Å². The van der Waals surface area contributed by atoms with E-state index in [1.54, 1.807) is 30.9 Å². The molecule has 1 fully saturated rings. The standard InChI is InChI=1S/C23H18Cl2FN3O3/c24-15-4-7-17(18(25)12-15)20-19(21(30)14-2-5-16(26)6-3-14)22(31)23(32)29(20)10-1-9-28-11-8-27-13-28/h2-8,11-13,20,30H,1,9-10H2/b21-19+. The fourth-order valence-corrected chi connectivity index (χ4v) is 4.27. The smallest absolute Gasteiger partial charge is 0.295 e. The number of aliphatic hydroxyl groups is 1. The minimum absolute atomic E-state index is 0.103. The van der Waals surface area contributed by atoms with Crippen molar-refractivity contribution in [1.29, 1.82) is 0 Å². The van der Waals surface area contributed by atoms with Crippen LogP contribution in [0.2, 0.25) is 10.0 Å². The van der Waals surface area contributed by atoms with Crippen LogP contribution in [0.25, 0.3) is 5.76 Å². The maximum atomic E-state index is 13.4. The number of carbonyl (C=O) groups is 2. The lowest BCUT2D eigenvalue weighted by Crippen LogP contribution is -2.31. The number of rotatable bonds is 6. The van der Waals surface area contributed by atoms with Gasteiger partial charge in [0.15, 0.2) is 0 Å². The van der Waals surface area contributed by atoms with Crippen LogP contribution in [-0.2, 0) is 16.1 Å². The van der Waals surface area contributed by atoms with Gasteiger partial charge in [0.1, 0.15) is 11.6 Å². The van der Waals surface area contributed by atoms with Crippen LogP contribution in [0.15, 0.2) is 66.8 Å². The van der Waals surface area contributed by atoms with E-state index in [0.29, 0.717) is 23.6 Å². The third kappa shape index (κ3) is 4.26. The van der Waals surface area contributed by atoms with Crippen LogP contribution >= 0.6 is 23.2 Å². The molecule has 2 heterocycles. The summed E-state index contributed by atoms with van der Waals surface area (Å²) in [5.41, 5.74) is 0.577. The third-order valence-corrected chi connectivity index (χ3v) is 5.85. The lowest BCUT2D eigenvalue weighted by molar-refractivity contribution is -0.139. The molecule has 1 N–H and O–H groups in total. The van der Waals surface area contributed by atoms with E-state index in [-0.39, 0.29) is 22.7 Å². The Morgan fingerprint density at radius 2 is 1.84 bits per heavy atom. The molecule has 4 rings (SSSR count). The van der Waals surface area contributed by atoms with Gasteiger partial charge in [-0.2, -0.15) is 0 Å². The summed E-state index contributed by atoms with van der Waals surface area (Å²) >= 11 is 12.5. The summed E-state index contributed by atoms with van der Waals surface area (Å²) in [5, 5.41) is 11.6. The minimum atomic E-state index is -0.910. The number of carbonyl (C=O) groups excluding carboxylic acids is 2. The second kappa shape index (κ2) is 9.14. The number of hydrogen-bond acceptors (Lipinski definition) is 4. The first-order valence-electron chi connectivity index (χ1n) is 9.82. The Kier molecular flexibility index (Phi) is 6.30. The van der Waals surface area contributed by atoms with Gasteiger partial charge < -0.3 is 14.6 Å². The number of aryl methyl sites for hydroxylation is 1. The van der Waals surface area contributed by atoms with E-state index >= 15 is 0 Å². The van der Waals surface area contributed by atoms with Crippen LogP contribution in [0.4, 0.5) is 4.39 Å². The molecule has 2 aromatic carbocycles. The van der Waals surface area contributed by atoms with Gasteiger partial charge in [-0.05, 0) is 48.4 Å². The fraction of sp³-hybridized carbons (Fsp3) is 0.174. The van der Waals surface area contributed by atoms with E-state index < -0.39 is 29.3 Å². The van der Waals surface area contributed by atoms with Crippen molar-refractivity contribution in [2.75, 3.05) is 6.54 Å². The first-order chi connectivity index (χ1) is 15.4. The highest BCUT2D eigenvalue weighted by atomic mass is 35.5. The van der Waals surface area contributed by atoms with Crippen LogP contribution in [0, 0.1) is 5.82 Å². The number of Topliss-reactive ketones (excluding diaryl/α,β-unsaturated/α-hetero) is 1. The molecule has 0 spiro atoms. The first kappa shape index (κ1) is 22.0. The molecule has 1 aliphatic heterocycles. The van der Waals surface area contributed by atoms with Crippen molar-refractivity contribution in [3.63, 3.8) is 0 Å². The highest BCUT2D eigenvalue weighted by Crippen LogP contribution is 2.42. The summed E-state index contributed by atoms with van der Waals surface area (Å²) in [6, 6.07) is 8.86. The molecule has 1 aliphatic rings. The first-order valence-corrected chi connectivity index (χ1v) is 10.6. The SMILES string of the molecule is O=C1C(=O)N(CCCn2ccnc2)C(c2ccc(Cl)cc2Cl)/C1=C(\O)c1ccc(F)cc1. The molecular formula is C23H18Cl2FN3O3. The summed E-state index contributed by atoms with van der Waals surface area (Å²) in [7, 11) is 0. The van der Waals surface area contributed by atoms with E-state index in [0.717, 1.165) is 0 Å². The average Bonchev–Trinajstić information content (AvgIpc) is 3.36. The molecule has 164 valence electrons. The van der Waals surface area contributed by atoms with Crippen molar-refractivity contribution in [2.24, 2.45) is 0 Å². The quantitative estimate of drug-likeness (QED) is 0.315. The maximum Gasteiger partial charge on any atom is 0.295 e. The van der Waals surface area contributed by atoms with Gasteiger partial charge in [-0.15, -0.1) is 0 Å². The number of ketones is 1. The predicted octanol–water partition coefficient (Wildman–Crippen LogP) is 4.84. The predicted molar refractivity (Wildman–Crippen MR) is 119 cm³/mol. The Morgan fingerprint density at radius 3 is 2.50 bits per heavy atom. The van der Waals surface area contributed by atoms with Crippen LogP contribution in [0.5, 0.6) is 0 Å². The molecule has 0 radical (unpaired) electrons. The Morgan fingerprint density at radius 1 is 1.09 bits per heavy atom. The zero-order chi connectivity index (χ0) is 22.8. The zero-order valence-corrected chi connectivity index (χ0v) is 18.2. The van der Waals surface area contributed by atoms with Gasteiger partial charge in [0.25, 0.3) is 11.7 Å². The van der Waals surface area contributed by atoms with Crippen molar-refractivity contribution < 1.29 is 19.1 Å². The van der Waals surface area contributed by atoms with Gasteiger partial charge in [0.05, 0.1) is 17.9 Å².